The number of nitrogens with zero attached hydrogens (tertiary/aromatic N) is 1. The molecule has 0 saturated carbocycles. The lowest BCUT2D eigenvalue weighted by molar-refractivity contribution is 0.0941. The molecule has 1 amide bonds. The second-order valence-corrected chi connectivity index (χ2v) is 4.43. The van der Waals surface area contributed by atoms with Crippen LogP contribution in [-0.4, -0.2) is 21.5 Å². The Morgan fingerprint density at radius 3 is 2.82 bits per heavy atom. The molecule has 0 aliphatic rings. The van der Waals surface area contributed by atoms with E-state index in [-0.39, 0.29) is 17.5 Å². The molecule has 1 atom stereocenters. The van der Waals surface area contributed by atoms with Crippen molar-refractivity contribution in [3.63, 3.8) is 0 Å². The highest BCUT2D eigenvalue weighted by Gasteiger charge is 2.11. The third-order valence-corrected chi connectivity index (χ3v) is 2.42. The van der Waals surface area contributed by atoms with Crippen molar-refractivity contribution in [1.82, 2.24) is 9.88 Å². The summed E-state index contributed by atoms with van der Waals surface area (Å²) in [5.74, 6) is -0.300. The van der Waals surface area contributed by atoms with E-state index < -0.39 is 0 Å². The lowest BCUT2D eigenvalue weighted by Gasteiger charge is -2.12. The van der Waals surface area contributed by atoms with Gasteiger partial charge in [0.1, 0.15) is 0 Å². The topological polar surface area (TPSA) is 77.1 Å². The molecule has 0 bridgehead atoms. The Bertz CT molecular complexity index is 496. The number of pyridine rings is 1. The minimum atomic E-state index is -0.300. The first-order valence-electron chi connectivity index (χ1n) is 5.16. The van der Waals surface area contributed by atoms with Crippen molar-refractivity contribution >= 4 is 23.1 Å². The summed E-state index contributed by atoms with van der Waals surface area (Å²) in [6.45, 7) is 1.80. The fourth-order valence-electron chi connectivity index (χ4n) is 1.35. The Morgan fingerprint density at radius 1 is 1.65 bits per heavy atom. The van der Waals surface area contributed by atoms with E-state index in [1.54, 1.807) is 26.2 Å². The van der Waals surface area contributed by atoms with Crippen LogP contribution >= 0.6 is 12.2 Å². The Kier molecular flexibility index (Phi) is 4.39. The number of aromatic nitrogens is 1. The van der Waals surface area contributed by atoms with Gasteiger partial charge in [0.05, 0.1) is 4.99 Å². The van der Waals surface area contributed by atoms with E-state index >= 15 is 0 Å². The SMILES string of the molecule is CC(CC(N)=S)NC(=O)c1ccn(C)c(=O)c1. The number of aryl methyl sites for hydroxylation is 1. The van der Waals surface area contributed by atoms with E-state index in [9.17, 15) is 9.59 Å². The smallest absolute Gasteiger partial charge is 0.251 e. The number of carbonyl (C=O) groups is 1. The molecule has 1 rings (SSSR count). The minimum Gasteiger partial charge on any atom is -0.393 e. The van der Waals surface area contributed by atoms with Gasteiger partial charge in [-0.05, 0) is 13.0 Å². The van der Waals surface area contributed by atoms with Crippen LogP contribution in [-0.2, 0) is 7.05 Å². The zero-order valence-corrected chi connectivity index (χ0v) is 10.6. The van der Waals surface area contributed by atoms with Crippen molar-refractivity contribution in [3.8, 4) is 0 Å². The third-order valence-electron chi connectivity index (χ3n) is 2.25. The maximum atomic E-state index is 11.8. The van der Waals surface area contributed by atoms with Gasteiger partial charge in [0.25, 0.3) is 11.5 Å². The number of amides is 1. The summed E-state index contributed by atoms with van der Waals surface area (Å²) in [6, 6.07) is 2.73. The van der Waals surface area contributed by atoms with E-state index in [4.69, 9.17) is 18.0 Å². The largest absolute Gasteiger partial charge is 0.393 e. The molecule has 3 N–H and O–H groups in total. The zero-order valence-electron chi connectivity index (χ0n) is 9.77. The number of thiocarbonyl (C=S) groups is 1. The summed E-state index contributed by atoms with van der Waals surface area (Å²) < 4.78 is 1.40. The van der Waals surface area contributed by atoms with Crippen molar-refractivity contribution in [2.75, 3.05) is 0 Å². The predicted molar refractivity (Wildman–Crippen MR) is 70.0 cm³/mol. The molecule has 0 radical (unpaired) electrons. The summed E-state index contributed by atoms with van der Waals surface area (Å²) in [5, 5.41) is 2.72. The third kappa shape index (κ3) is 3.99. The summed E-state index contributed by atoms with van der Waals surface area (Å²) in [4.78, 5) is 23.5. The number of nitrogens with one attached hydrogen (secondary N) is 1. The molecule has 6 heteroatoms. The van der Waals surface area contributed by atoms with Crippen LogP contribution in [0.15, 0.2) is 23.1 Å². The molecule has 1 unspecified atom stereocenters. The van der Waals surface area contributed by atoms with E-state index in [0.29, 0.717) is 17.0 Å². The summed E-state index contributed by atoms with van der Waals surface area (Å²) >= 11 is 4.75. The fraction of sp³-hybridized carbons (Fsp3) is 0.364. The highest BCUT2D eigenvalue weighted by molar-refractivity contribution is 7.80. The molecule has 1 aromatic rings. The zero-order chi connectivity index (χ0) is 13.0. The van der Waals surface area contributed by atoms with Crippen molar-refractivity contribution in [2.45, 2.75) is 19.4 Å². The molecule has 92 valence electrons. The fourth-order valence-corrected chi connectivity index (χ4v) is 1.60. The first-order chi connectivity index (χ1) is 7.90. The molecule has 5 nitrogen and oxygen atoms in total. The van der Waals surface area contributed by atoms with Gasteiger partial charge in [-0.25, -0.2) is 0 Å². The van der Waals surface area contributed by atoms with Gasteiger partial charge in [-0.3, -0.25) is 9.59 Å². The second-order valence-electron chi connectivity index (χ2n) is 3.91. The highest BCUT2D eigenvalue weighted by atomic mass is 32.1. The number of hydrogen-bond donors (Lipinski definition) is 2. The Morgan fingerprint density at radius 2 is 2.29 bits per heavy atom. The van der Waals surface area contributed by atoms with Gasteiger partial charge >= 0.3 is 0 Å². The maximum absolute atomic E-state index is 11.8. The molecule has 0 fully saturated rings. The van der Waals surface area contributed by atoms with Crippen molar-refractivity contribution in [2.24, 2.45) is 12.8 Å². The minimum absolute atomic E-state index is 0.149. The summed E-state index contributed by atoms with van der Waals surface area (Å²) in [7, 11) is 1.62. The predicted octanol–water partition coefficient (Wildman–Crippen LogP) is 0.180. The van der Waals surface area contributed by atoms with E-state index in [0.717, 1.165) is 0 Å². The molecule has 0 aliphatic heterocycles. The van der Waals surface area contributed by atoms with Gasteiger partial charge in [-0.15, -0.1) is 0 Å². The van der Waals surface area contributed by atoms with E-state index in [2.05, 4.69) is 5.32 Å². The van der Waals surface area contributed by atoms with Crippen LogP contribution in [0, 0.1) is 0 Å². The average molecular weight is 253 g/mol. The van der Waals surface area contributed by atoms with Crippen molar-refractivity contribution in [3.05, 3.63) is 34.2 Å². The van der Waals surface area contributed by atoms with Crippen LogP contribution in [0.3, 0.4) is 0 Å². The lowest BCUT2D eigenvalue weighted by atomic mass is 10.2. The number of hydrogen-bond acceptors (Lipinski definition) is 3. The van der Waals surface area contributed by atoms with Gasteiger partial charge in [0, 0.05) is 37.3 Å². The van der Waals surface area contributed by atoms with Gasteiger partial charge in [-0.2, -0.15) is 0 Å². The quantitative estimate of drug-likeness (QED) is 0.750. The molecule has 1 aromatic heterocycles. The molecule has 1 heterocycles. The monoisotopic (exact) mass is 253 g/mol. The van der Waals surface area contributed by atoms with Gasteiger partial charge in [0.15, 0.2) is 0 Å². The van der Waals surface area contributed by atoms with Crippen LogP contribution in [0.5, 0.6) is 0 Å². The number of carbonyl (C=O) groups excluding carboxylic acids is 1. The standard InChI is InChI=1S/C11H15N3O2S/c1-7(5-9(12)17)13-11(16)8-3-4-14(2)10(15)6-8/h3-4,6-7H,5H2,1-2H3,(H2,12,17)(H,13,16). The van der Waals surface area contributed by atoms with Gasteiger partial charge in [-0.1, -0.05) is 12.2 Å². The number of nitrogens with two attached hydrogens (primary N) is 1. The molecule has 17 heavy (non-hydrogen) atoms. The molecule has 0 aliphatic carbocycles. The highest BCUT2D eigenvalue weighted by Crippen LogP contribution is 1.97. The molecular formula is C11H15N3O2S. The molecular weight excluding hydrogens is 238 g/mol. The summed E-state index contributed by atoms with van der Waals surface area (Å²) in [6.07, 6.45) is 1.99. The van der Waals surface area contributed by atoms with Crippen LogP contribution in [0.4, 0.5) is 0 Å². The normalized spacial score (nSPS) is 11.9. The average Bonchev–Trinajstić information content (AvgIpc) is 2.20. The second kappa shape index (κ2) is 5.58. The maximum Gasteiger partial charge on any atom is 0.251 e. The van der Waals surface area contributed by atoms with Crippen molar-refractivity contribution < 1.29 is 4.79 Å². The van der Waals surface area contributed by atoms with Crippen LogP contribution in [0.2, 0.25) is 0 Å². The molecule has 0 aromatic carbocycles. The van der Waals surface area contributed by atoms with Crippen LogP contribution in [0.25, 0.3) is 0 Å². The Labute approximate surface area is 105 Å². The first-order valence-corrected chi connectivity index (χ1v) is 5.57. The van der Waals surface area contributed by atoms with Crippen LogP contribution in [0.1, 0.15) is 23.7 Å². The van der Waals surface area contributed by atoms with E-state index in [1.165, 1.54) is 10.6 Å². The first kappa shape index (κ1) is 13.4. The molecule has 0 spiro atoms. The summed E-state index contributed by atoms with van der Waals surface area (Å²) in [5.41, 5.74) is 5.49. The Hall–Kier alpha value is -1.69. The van der Waals surface area contributed by atoms with Gasteiger partial charge < -0.3 is 15.6 Å². The van der Waals surface area contributed by atoms with E-state index in [1.807, 2.05) is 0 Å². The van der Waals surface area contributed by atoms with Gasteiger partial charge in [0.2, 0.25) is 0 Å². The number of rotatable bonds is 4. The van der Waals surface area contributed by atoms with Crippen molar-refractivity contribution in [1.29, 1.82) is 0 Å². The molecule has 0 saturated heterocycles. The van der Waals surface area contributed by atoms with Crippen LogP contribution < -0.4 is 16.6 Å². The Balaban J connectivity index is 2.73. The lowest BCUT2D eigenvalue weighted by Crippen LogP contribution is -2.35.